The Bertz CT molecular complexity index is 1310. The number of aliphatic imine (C=N–C) groups is 1. The molecule has 0 bridgehead atoms. The van der Waals surface area contributed by atoms with Crippen molar-refractivity contribution in [3.8, 4) is 16.9 Å². The second-order valence-electron chi connectivity index (χ2n) is 7.39. The number of hydrogen-bond donors (Lipinski definition) is 1. The minimum atomic E-state index is -4.74. The minimum Gasteiger partial charge on any atom is -0.550 e. The van der Waals surface area contributed by atoms with Crippen molar-refractivity contribution < 1.29 is 62.2 Å². The number of alkyl halides is 3. The van der Waals surface area contributed by atoms with Gasteiger partial charge in [-0.2, -0.15) is 0 Å². The number of carbonyl (C=O) groups excluding carboxylic acids is 2. The van der Waals surface area contributed by atoms with Gasteiger partial charge in [0.1, 0.15) is 5.75 Å². The number of amidine groups is 1. The quantitative estimate of drug-likeness (QED) is 0.393. The number of benzene rings is 3. The molecule has 6 nitrogen and oxygen atoms in total. The predicted octanol–water partition coefficient (Wildman–Crippen LogP) is 1.44. The Morgan fingerprint density at radius 2 is 1.56 bits per heavy atom. The number of amides is 1. The molecule has 0 unspecified atom stereocenters. The zero-order valence-electron chi connectivity index (χ0n) is 18.8. The van der Waals surface area contributed by atoms with E-state index in [1.165, 1.54) is 36.0 Å². The van der Waals surface area contributed by atoms with Crippen molar-refractivity contribution in [1.29, 1.82) is 0 Å². The molecule has 0 atom stereocenters. The van der Waals surface area contributed by atoms with Gasteiger partial charge in [0, 0.05) is 12.4 Å². The van der Waals surface area contributed by atoms with Crippen LogP contribution in [0, 0.1) is 0 Å². The van der Waals surface area contributed by atoms with Crippen LogP contribution in [0.1, 0.15) is 11.1 Å². The smallest absolute Gasteiger partial charge is 0.550 e. The molecule has 1 saturated heterocycles. The molecule has 3 aromatic rings. The molecule has 0 saturated carbocycles. The van der Waals surface area contributed by atoms with E-state index in [4.69, 9.17) is 0 Å². The number of hydrogen-bond acceptors (Lipinski definition) is 6. The van der Waals surface area contributed by atoms with E-state index in [9.17, 15) is 27.9 Å². The molecule has 0 aromatic heterocycles. The summed E-state index contributed by atoms with van der Waals surface area (Å²) in [6, 6.07) is 19.3. The fourth-order valence-electron chi connectivity index (χ4n) is 3.23. The normalized spacial score (nSPS) is 15.5. The van der Waals surface area contributed by atoms with Gasteiger partial charge >= 0.3 is 35.9 Å². The number of ether oxygens (including phenoxy) is 1. The molecular weight excluding hydrogens is 504 g/mol. The number of nitrogens with one attached hydrogen (secondary N) is 1. The molecule has 1 amide bonds. The molecule has 0 radical (unpaired) electrons. The van der Waals surface area contributed by atoms with E-state index in [2.05, 4.69) is 15.0 Å². The topological polar surface area (TPSA) is 90.8 Å². The van der Waals surface area contributed by atoms with Crippen LogP contribution in [-0.4, -0.2) is 23.4 Å². The van der Waals surface area contributed by atoms with Crippen LogP contribution < -0.4 is 44.7 Å². The maximum Gasteiger partial charge on any atom is 1.00 e. The number of thioether (sulfide) groups is 1. The first kappa shape index (κ1) is 27.5. The maximum absolute atomic E-state index is 12.3. The molecule has 0 aliphatic carbocycles. The summed E-state index contributed by atoms with van der Waals surface area (Å²) < 4.78 is 40.8. The Morgan fingerprint density at radius 3 is 2.11 bits per heavy atom. The number of carboxylic acids is 1. The monoisotopic (exact) mass is 520 g/mol. The van der Waals surface area contributed by atoms with E-state index in [1.54, 1.807) is 54.6 Å². The number of rotatable bonds is 6. The molecule has 1 fully saturated rings. The number of halogens is 3. The summed E-state index contributed by atoms with van der Waals surface area (Å²) in [5, 5.41) is 13.7. The minimum absolute atomic E-state index is 0. The van der Waals surface area contributed by atoms with Gasteiger partial charge in [-0.05, 0) is 64.4 Å². The van der Waals surface area contributed by atoms with Crippen LogP contribution in [0.4, 0.5) is 18.9 Å². The fourth-order valence-corrected chi connectivity index (χ4v) is 4.07. The summed E-state index contributed by atoms with van der Waals surface area (Å²) in [5.74, 6) is -1.76. The fraction of sp³-hybridized carbons (Fsp3) is 0.0800. The number of carboxylic acid groups (broad SMARTS) is 1. The van der Waals surface area contributed by atoms with E-state index in [0.717, 1.165) is 11.1 Å². The Balaban J connectivity index is 0.00000361. The van der Waals surface area contributed by atoms with Gasteiger partial charge in [-0.25, -0.2) is 4.99 Å². The average Bonchev–Trinajstić information content (AvgIpc) is 3.13. The van der Waals surface area contributed by atoms with E-state index in [1.807, 2.05) is 0 Å². The third kappa shape index (κ3) is 7.72. The van der Waals surface area contributed by atoms with Gasteiger partial charge in [0.15, 0.2) is 5.17 Å². The Hall–Kier alpha value is -3.05. The van der Waals surface area contributed by atoms with Crippen molar-refractivity contribution in [3.05, 3.63) is 88.8 Å². The summed E-state index contributed by atoms with van der Waals surface area (Å²) >= 11 is 1.17. The molecule has 36 heavy (non-hydrogen) atoms. The summed E-state index contributed by atoms with van der Waals surface area (Å²) in [7, 11) is 0. The SMILES string of the molecule is O=C([O-])Cc1ccc(N=C2NC(=O)C(=Cc3ccc(-c4ccc(OC(F)(F)F)cc4)cc3)S2)cc1.[Na+]. The molecule has 1 aliphatic rings. The van der Waals surface area contributed by atoms with Crippen LogP contribution in [-0.2, 0) is 16.0 Å². The van der Waals surface area contributed by atoms with Gasteiger partial charge < -0.3 is 20.0 Å². The van der Waals surface area contributed by atoms with E-state index in [0.29, 0.717) is 26.9 Å². The molecule has 3 aromatic carbocycles. The maximum atomic E-state index is 12.3. The van der Waals surface area contributed by atoms with Gasteiger partial charge in [-0.3, -0.25) is 4.79 Å². The van der Waals surface area contributed by atoms with Crippen molar-refractivity contribution in [2.45, 2.75) is 12.8 Å². The summed E-state index contributed by atoms with van der Waals surface area (Å²) in [4.78, 5) is 27.8. The molecule has 0 spiro atoms. The van der Waals surface area contributed by atoms with Gasteiger partial charge in [-0.1, -0.05) is 48.5 Å². The Morgan fingerprint density at radius 1 is 0.972 bits per heavy atom. The van der Waals surface area contributed by atoms with Crippen LogP contribution in [0.25, 0.3) is 17.2 Å². The van der Waals surface area contributed by atoms with Gasteiger partial charge in [0.2, 0.25) is 0 Å². The first-order valence-corrected chi connectivity index (χ1v) is 11.0. The standard InChI is InChI=1S/C25H17F3N2O4S.Na/c26-25(27,28)34-20-11-7-18(8-12-20)17-5-1-15(2-6-17)13-21-23(33)30-24(35-21)29-19-9-3-16(4-10-19)14-22(31)32;/h1-13H,14H2,(H,31,32)(H,29,30,33);/q;+1/p-1. The second-order valence-corrected chi connectivity index (χ2v) is 8.42. The summed E-state index contributed by atoms with van der Waals surface area (Å²) in [6.45, 7) is 0. The van der Waals surface area contributed by atoms with Crippen molar-refractivity contribution in [2.24, 2.45) is 4.99 Å². The van der Waals surface area contributed by atoms with E-state index in [-0.39, 0.29) is 47.6 Å². The third-order valence-electron chi connectivity index (χ3n) is 4.80. The molecule has 1 heterocycles. The van der Waals surface area contributed by atoms with Crippen molar-refractivity contribution in [2.75, 3.05) is 0 Å². The molecule has 1 aliphatic heterocycles. The average molecular weight is 520 g/mol. The zero-order chi connectivity index (χ0) is 25.0. The predicted molar refractivity (Wildman–Crippen MR) is 125 cm³/mol. The van der Waals surface area contributed by atoms with Crippen molar-refractivity contribution in [1.82, 2.24) is 5.32 Å². The number of nitrogens with zero attached hydrogens (tertiary/aromatic N) is 1. The Labute approximate surface area is 230 Å². The molecular formula is C25H16F3N2NaO4S. The molecule has 1 N–H and O–H groups in total. The van der Waals surface area contributed by atoms with Crippen LogP contribution in [0.15, 0.2) is 82.7 Å². The van der Waals surface area contributed by atoms with Crippen LogP contribution >= 0.6 is 11.8 Å². The summed E-state index contributed by atoms with van der Waals surface area (Å²) in [5.41, 5.74) is 3.42. The van der Waals surface area contributed by atoms with Gasteiger partial charge in [0.05, 0.1) is 10.6 Å². The number of carbonyl (C=O) groups is 2. The van der Waals surface area contributed by atoms with Gasteiger partial charge in [-0.15, -0.1) is 13.2 Å². The first-order chi connectivity index (χ1) is 16.6. The van der Waals surface area contributed by atoms with Crippen LogP contribution in [0.5, 0.6) is 5.75 Å². The first-order valence-electron chi connectivity index (χ1n) is 10.2. The Kier molecular flexibility index (Phi) is 9.02. The van der Waals surface area contributed by atoms with Crippen molar-refractivity contribution >= 4 is 40.6 Å². The second kappa shape index (κ2) is 11.8. The summed E-state index contributed by atoms with van der Waals surface area (Å²) in [6.07, 6.45) is -3.22. The third-order valence-corrected chi connectivity index (χ3v) is 5.71. The van der Waals surface area contributed by atoms with Crippen molar-refractivity contribution in [3.63, 3.8) is 0 Å². The van der Waals surface area contributed by atoms with Gasteiger partial charge in [0.25, 0.3) is 5.91 Å². The largest absolute Gasteiger partial charge is 1.00 e. The van der Waals surface area contributed by atoms with E-state index < -0.39 is 12.3 Å². The van der Waals surface area contributed by atoms with Crippen LogP contribution in [0.3, 0.4) is 0 Å². The van der Waals surface area contributed by atoms with Crippen LogP contribution in [0.2, 0.25) is 0 Å². The molecule has 11 heteroatoms. The zero-order valence-corrected chi connectivity index (χ0v) is 21.7. The molecule has 178 valence electrons. The number of aliphatic carboxylic acids is 1. The molecule has 4 rings (SSSR count). The van der Waals surface area contributed by atoms with E-state index >= 15 is 0 Å².